The number of hydrogen-bond donors (Lipinski definition) is 2. The minimum atomic E-state index is -4.87. The Labute approximate surface area is 88.4 Å². The predicted molar refractivity (Wildman–Crippen MR) is 47.9 cm³/mol. The van der Waals surface area contributed by atoms with Crippen LogP contribution in [0.15, 0.2) is 6.20 Å². The first-order valence-electron chi connectivity index (χ1n) is 4.02. The van der Waals surface area contributed by atoms with Gasteiger partial charge in [-0.2, -0.15) is 5.26 Å². The molecule has 86 valence electrons. The molecule has 4 N–H and O–H groups in total. The van der Waals surface area contributed by atoms with Gasteiger partial charge in [-0.05, 0) is 0 Å². The van der Waals surface area contributed by atoms with E-state index in [1.165, 1.54) is 0 Å². The van der Waals surface area contributed by atoms with E-state index in [0.29, 0.717) is 0 Å². The highest BCUT2D eigenvalue weighted by atomic mass is 19.4. The molecule has 0 atom stereocenters. The van der Waals surface area contributed by atoms with Crippen molar-refractivity contribution in [2.75, 3.05) is 5.73 Å². The van der Waals surface area contributed by atoms with Gasteiger partial charge in [-0.25, -0.2) is 4.98 Å². The molecular formula is C8H7F3N4O. The maximum Gasteiger partial charge on any atom is 0.573 e. The summed E-state index contributed by atoms with van der Waals surface area (Å²) < 4.78 is 39.6. The molecule has 8 heteroatoms. The summed E-state index contributed by atoms with van der Waals surface area (Å²) in [6.07, 6.45) is -4.08. The monoisotopic (exact) mass is 232 g/mol. The number of aromatic nitrogens is 1. The van der Waals surface area contributed by atoms with Gasteiger partial charge in [0.15, 0.2) is 5.75 Å². The Morgan fingerprint density at radius 2 is 2.12 bits per heavy atom. The Balaban J connectivity index is 3.26. The van der Waals surface area contributed by atoms with E-state index in [2.05, 4.69) is 9.72 Å². The quantitative estimate of drug-likeness (QED) is 0.789. The molecule has 0 saturated heterocycles. The molecule has 0 radical (unpaired) electrons. The van der Waals surface area contributed by atoms with Crippen molar-refractivity contribution in [2.45, 2.75) is 12.9 Å². The topological polar surface area (TPSA) is 98.0 Å². The molecule has 0 unspecified atom stereocenters. The molecule has 5 nitrogen and oxygen atoms in total. The SMILES string of the molecule is N#Cc1c(N)ncc(OC(F)(F)F)c1CN. The lowest BCUT2D eigenvalue weighted by Gasteiger charge is -2.13. The third-order valence-corrected chi connectivity index (χ3v) is 1.72. The number of alkyl halides is 3. The Hall–Kier alpha value is -2.01. The Kier molecular flexibility index (Phi) is 3.20. The number of ether oxygens (including phenoxy) is 1. The summed E-state index contributed by atoms with van der Waals surface area (Å²) in [6.45, 7) is -0.305. The third-order valence-electron chi connectivity index (χ3n) is 1.72. The van der Waals surface area contributed by atoms with Crippen LogP contribution in [0.25, 0.3) is 0 Å². The van der Waals surface area contributed by atoms with Gasteiger partial charge in [-0.15, -0.1) is 13.2 Å². The first-order valence-corrected chi connectivity index (χ1v) is 4.02. The van der Waals surface area contributed by atoms with Gasteiger partial charge in [0.2, 0.25) is 0 Å². The average molecular weight is 232 g/mol. The van der Waals surface area contributed by atoms with Crippen LogP contribution in [0.5, 0.6) is 5.75 Å². The number of halogens is 3. The number of nitrogen functional groups attached to an aromatic ring is 1. The van der Waals surface area contributed by atoms with Crippen LogP contribution in [0.2, 0.25) is 0 Å². The van der Waals surface area contributed by atoms with Gasteiger partial charge in [-0.3, -0.25) is 0 Å². The smallest absolute Gasteiger partial charge is 0.404 e. The molecule has 0 spiro atoms. The first kappa shape index (κ1) is 12.1. The summed E-state index contributed by atoms with van der Waals surface area (Å²) in [5, 5.41) is 8.69. The zero-order valence-corrected chi connectivity index (χ0v) is 7.88. The highest BCUT2D eigenvalue weighted by molar-refractivity contribution is 5.57. The van der Waals surface area contributed by atoms with Crippen molar-refractivity contribution in [1.29, 1.82) is 5.26 Å². The molecule has 0 fully saturated rings. The fourth-order valence-corrected chi connectivity index (χ4v) is 1.09. The molecule has 0 aliphatic rings. The van der Waals surface area contributed by atoms with Crippen LogP contribution in [0, 0.1) is 11.3 Å². The third kappa shape index (κ3) is 2.52. The van der Waals surface area contributed by atoms with Gasteiger partial charge in [0.05, 0.1) is 6.20 Å². The number of pyridine rings is 1. The summed E-state index contributed by atoms with van der Waals surface area (Å²) in [5.74, 6) is -0.793. The maximum atomic E-state index is 12.0. The van der Waals surface area contributed by atoms with Crippen molar-refractivity contribution in [2.24, 2.45) is 5.73 Å². The van der Waals surface area contributed by atoms with Crippen LogP contribution in [0.3, 0.4) is 0 Å². The molecule has 0 aliphatic heterocycles. The fraction of sp³-hybridized carbons (Fsp3) is 0.250. The van der Waals surface area contributed by atoms with Gasteiger partial charge in [0.1, 0.15) is 17.5 Å². The lowest BCUT2D eigenvalue weighted by atomic mass is 10.1. The highest BCUT2D eigenvalue weighted by Crippen LogP contribution is 2.29. The standard InChI is InChI=1S/C8H7F3N4O/c9-8(10,11)16-6-3-15-7(14)5(2-13)4(6)1-12/h3H,1,12H2,(H2,14,15). The summed E-state index contributed by atoms with van der Waals surface area (Å²) >= 11 is 0. The van der Waals surface area contributed by atoms with E-state index in [9.17, 15) is 13.2 Å². The molecule has 1 heterocycles. The fourth-order valence-electron chi connectivity index (χ4n) is 1.09. The van der Waals surface area contributed by atoms with Crippen LogP contribution in [0.4, 0.5) is 19.0 Å². The predicted octanol–water partition coefficient (Wildman–Crippen LogP) is 0.893. The van der Waals surface area contributed by atoms with Crippen LogP contribution < -0.4 is 16.2 Å². The second-order valence-electron chi connectivity index (χ2n) is 2.72. The molecule has 1 aromatic rings. The van der Waals surface area contributed by atoms with Crippen LogP contribution in [-0.4, -0.2) is 11.3 Å². The number of nitrogens with zero attached hydrogens (tertiary/aromatic N) is 2. The van der Waals surface area contributed by atoms with Crippen LogP contribution in [0.1, 0.15) is 11.1 Å². The highest BCUT2D eigenvalue weighted by Gasteiger charge is 2.32. The maximum absolute atomic E-state index is 12.0. The van der Waals surface area contributed by atoms with E-state index in [0.717, 1.165) is 6.20 Å². The zero-order chi connectivity index (χ0) is 12.3. The normalized spacial score (nSPS) is 10.9. The van der Waals surface area contributed by atoms with E-state index >= 15 is 0 Å². The molecule has 1 rings (SSSR count). The Bertz CT molecular complexity index is 438. The van der Waals surface area contributed by atoms with Crippen molar-refractivity contribution in [3.05, 3.63) is 17.3 Å². The molecule has 0 aliphatic carbocycles. The largest absolute Gasteiger partial charge is 0.573 e. The van der Waals surface area contributed by atoms with E-state index in [-0.39, 0.29) is 23.5 Å². The number of rotatable bonds is 2. The van der Waals surface area contributed by atoms with E-state index in [1.54, 1.807) is 6.07 Å². The van der Waals surface area contributed by atoms with E-state index in [1.807, 2.05) is 0 Å². The molecule has 0 amide bonds. The van der Waals surface area contributed by atoms with Crippen molar-refractivity contribution in [1.82, 2.24) is 4.98 Å². The second kappa shape index (κ2) is 4.24. The lowest BCUT2D eigenvalue weighted by Crippen LogP contribution is -2.20. The second-order valence-corrected chi connectivity index (χ2v) is 2.72. The summed E-state index contributed by atoms with van der Waals surface area (Å²) in [4.78, 5) is 3.42. The summed E-state index contributed by atoms with van der Waals surface area (Å²) in [6, 6.07) is 1.63. The van der Waals surface area contributed by atoms with E-state index < -0.39 is 12.1 Å². The molecule has 16 heavy (non-hydrogen) atoms. The molecule has 0 aromatic carbocycles. The van der Waals surface area contributed by atoms with Gasteiger partial charge in [-0.1, -0.05) is 0 Å². The Morgan fingerprint density at radius 1 is 1.50 bits per heavy atom. The van der Waals surface area contributed by atoms with Gasteiger partial charge in [0.25, 0.3) is 0 Å². The van der Waals surface area contributed by atoms with Crippen molar-refractivity contribution in [3.63, 3.8) is 0 Å². The molecule has 1 aromatic heterocycles. The number of nitriles is 1. The van der Waals surface area contributed by atoms with Crippen LogP contribution >= 0.6 is 0 Å². The lowest BCUT2D eigenvalue weighted by molar-refractivity contribution is -0.275. The molecule has 0 bridgehead atoms. The summed E-state index contributed by atoms with van der Waals surface area (Å²) in [7, 11) is 0. The first-order chi connectivity index (χ1) is 7.39. The minimum absolute atomic E-state index is 0.118. The van der Waals surface area contributed by atoms with Gasteiger partial charge in [0, 0.05) is 12.1 Å². The van der Waals surface area contributed by atoms with Gasteiger partial charge >= 0.3 is 6.36 Å². The van der Waals surface area contributed by atoms with Crippen molar-refractivity contribution in [3.8, 4) is 11.8 Å². The average Bonchev–Trinajstić information content (AvgIpc) is 2.18. The molecule has 0 saturated carbocycles. The van der Waals surface area contributed by atoms with E-state index in [4.69, 9.17) is 16.7 Å². The number of hydrogen-bond acceptors (Lipinski definition) is 5. The minimum Gasteiger partial charge on any atom is -0.404 e. The number of nitrogens with two attached hydrogens (primary N) is 2. The zero-order valence-electron chi connectivity index (χ0n) is 7.88. The summed E-state index contributed by atoms with van der Waals surface area (Å²) in [5.41, 5.74) is 10.2. The Morgan fingerprint density at radius 3 is 2.56 bits per heavy atom. The van der Waals surface area contributed by atoms with Crippen molar-refractivity contribution >= 4 is 5.82 Å². The van der Waals surface area contributed by atoms with Crippen LogP contribution in [-0.2, 0) is 6.54 Å². The molecular weight excluding hydrogens is 225 g/mol. The van der Waals surface area contributed by atoms with Gasteiger partial charge < -0.3 is 16.2 Å². The van der Waals surface area contributed by atoms with Crippen molar-refractivity contribution < 1.29 is 17.9 Å². The number of anilines is 1.